The van der Waals surface area contributed by atoms with Crippen molar-refractivity contribution >= 4 is 23.2 Å². The van der Waals surface area contributed by atoms with Crippen LogP contribution in [0.2, 0.25) is 5.15 Å². The number of benzene rings is 1. The van der Waals surface area contributed by atoms with Gasteiger partial charge in [0.1, 0.15) is 5.15 Å². The maximum absolute atomic E-state index is 6.43. The molecule has 0 unspecified atom stereocenters. The average Bonchev–Trinajstić information content (AvgIpc) is 2.66. The quantitative estimate of drug-likeness (QED) is 0.739. The second-order valence-electron chi connectivity index (χ2n) is 4.80. The van der Waals surface area contributed by atoms with Crippen LogP contribution in [0.15, 0.2) is 18.2 Å². The minimum atomic E-state index is 0.402. The van der Waals surface area contributed by atoms with Gasteiger partial charge in [-0.3, -0.25) is 0 Å². The van der Waals surface area contributed by atoms with Gasteiger partial charge >= 0.3 is 0 Å². The lowest BCUT2D eigenvalue weighted by molar-refractivity contribution is 0.802. The topological polar surface area (TPSA) is 17.8 Å². The summed E-state index contributed by atoms with van der Waals surface area (Å²) in [5, 5.41) is 5.26. The first-order chi connectivity index (χ1) is 9.08. The molecule has 0 N–H and O–H groups in total. The van der Waals surface area contributed by atoms with E-state index in [1.165, 1.54) is 5.56 Å². The van der Waals surface area contributed by atoms with Crippen molar-refractivity contribution in [2.24, 2.45) is 0 Å². The normalized spacial score (nSPS) is 11.0. The van der Waals surface area contributed by atoms with Gasteiger partial charge in [0, 0.05) is 5.56 Å². The number of hydrogen-bond acceptors (Lipinski definition) is 1. The minimum absolute atomic E-state index is 0.402. The Morgan fingerprint density at radius 1 is 1.26 bits per heavy atom. The molecule has 0 atom stereocenters. The lowest BCUT2D eigenvalue weighted by atomic mass is 10.1. The Balaban J connectivity index is 2.56. The van der Waals surface area contributed by atoms with Crippen LogP contribution < -0.4 is 0 Å². The molecule has 0 aliphatic heterocycles. The fraction of sp³-hybridized carbons (Fsp3) is 0.400. The van der Waals surface area contributed by atoms with E-state index in [2.05, 4.69) is 44.1 Å². The number of nitrogens with zero attached hydrogens (tertiary/aromatic N) is 2. The Morgan fingerprint density at radius 3 is 2.58 bits per heavy atom. The number of alkyl halides is 1. The molecule has 0 saturated carbocycles. The summed E-state index contributed by atoms with van der Waals surface area (Å²) in [6.45, 7) is 6.27. The molecule has 0 amide bonds. The molecule has 2 rings (SSSR count). The summed E-state index contributed by atoms with van der Waals surface area (Å²) in [6.07, 6.45) is 1.93. The van der Waals surface area contributed by atoms with Crippen LogP contribution in [0.25, 0.3) is 5.69 Å². The Morgan fingerprint density at radius 2 is 2.00 bits per heavy atom. The fourth-order valence-electron chi connectivity index (χ4n) is 2.24. The van der Waals surface area contributed by atoms with E-state index in [1.807, 2.05) is 0 Å². The summed E-state index contributed by atoms with van der Waals surface area (Å²) in [4.78, 5) is 0. The molecular weight excluding hydrogens is 279 g/mol. The van der Waals surface area contributed by atoms with Crippen LogP contribution >= 0.6 is 23.2 Å². The minimum Gasteiger partial charge on any atom is -0.221 e. The second-order valence-corrected chi connectivity index (χ2v) is 5.43. The zero-order valence-electron chi connectivity index (χ0n) is 11.5. The van der Waals surface area contributed by atoms with Gasteiger partial charge in [-0.25, -0.2) is 4.68 Å². The highest BCUT2D eigenvalue weighted by atomic mass is 35.5. The maximum Gasteiger partial charge on any atom is 0.137 e. The Hall–Kier alpha value is -0.990. The molecule has 102 valence electrons. The maximum atomic E-state index is 6.43. The van der Waals surface area contributed by atoms with Crippen molar-refractivity contribution in [1.82, 2.24) is 9.78 Å². The Bertz CT molecular complexity index is 588. The molecule has 0 spiro atoms. The van der Waals surface area contributed by atoms with E-state index >= 15 is 0 Å². The Labute approximate surface area is 124 Å². The van der Waals surface area contributed by atoms with E-state index in [9.17, 15) is 0 Å². The first kappa shape index (κ1) is 14.4. The molecule has 4 heteroatoms. The summed E-state index contributed by atoms with van der Waals surface area (Å²) < 4.78 is 1.80. The van der Waals surface area contributed by atoms with Crippen molar-refractivity contribution in [3.63, 3.8) is 0 Å². The van der Waals surface area contributed by atoms with Crippen molar-refractivity contribution in [3.8, 4) is 5.69 Å². The van der Waals surface area contributed by atoms with Crippen molar-refractivity contribution in [1.29, 1.82) is 0 Å². The van der Waals surface area contributed by atoms with Gasteiger partial charge in [0.25, 0.3) is 0 Å². The van der Waals surface area contributed by atoms with Crippen molar-refractivity contribution in [2.75, 3.05) is 0 Å². The molecule has 0 fully saturated rings. The van der Waals surface area contributed by atoms with Crippen LogP contribution in [0, 0.1) is 13.8 Å². The van der Waals surface area contributed by atoms with Crippen LogP contribution in [0.3, 0.4) is 0 Å². The summed E-state index contributed by atoms with van der Waals surface area (Å²) in [6, 6.07) is 6.25. The van der Waals surface area contributed by atoms with E-state index in [-0.39, 0.29) is 0 Å². The number of halogens is 2. The summed E-state index contributed by atoms with van der Waals surface area (Å²) in [5.41, 5.74) is 5.36. The lowest BCUT2D eigenvalue weighted by Crippen LogP contribution is -2.00. The molecule has 1 aromatic carbocycles. The van der Waals surface area contributed by atoms with Crippen molar-refractivity contribution < 1.29 is 0 Å². The largest absolute Gasteiger partial charge is 0.221 e. The standard InChI is InChI=1S/C15H18Cl2N2/c1-4-5-13-12(9-16)15(17)19(18-13)14-7-6-10(2)8-11(14)3/h6-8H,4-5,9H2,1-3H3. The van der Waals surface area contributed by atoms with Gasteiger partial charge in [-0.2, -0.15) is 5.10 Å². The van der Waals surface area contributed by atoms with Gasteiger partial charge in [0.05, 0.1) is 17.3 Å². The van der Waals surface area contributed by atoms with Crippen LogP contribution in [0.4, 0.5) is 0 Å². The number of hydrogen-bond donors (Lipinski definition) is 0. The average molecular weight is 297 g/mol. The highest BCUT2D eigenvalue weighted by Crippen LogP contribution is 2.27. The van der Waals surface area contributed by atoms with E-state index in [1.54, 1.807) is 4.68 Å². The third-order valence-electron chi connectivity index (χ3n) is 3.20. The number of rotatable bonds is 4. The van der Waals surface area contributed by atoms with Gasteiger partial charge in [0.2, 0.25) is 0 Å². The molecule has 0 aliphatic carbocycles. The van der Waals surface area contributed by atoms with Crippen LogP contribution in [-0.4, -0.2) is 9.78 Å². The van der Waals surface area contributed by atoms with Crippen molar-refractivity contribution in [2.45, 2.75) is 39.5 Å². The molecule has 1 heterocycles. The van der Waals surface area contributed by atoms with Crippen LogP contribution in [-0.2, 0) is 12.3 Å². The zero-order chi connectivity index (χ0) is 14.0. The van der Waals surface area contributed by atoms with Crippen LogP contribution in [0.1, 0.15) is 35.7 Å². The molecule has 2 nitrogen and oxygen atoms in total. The molecule has 19 heavy (non-hydrogen) atoms. The molecule has 0 bridgehead atoms. The smallest absolute Gasteiger partial charge is 0.137 e. The number of aryl methyl sites for hydroxylation is 3. The molecule has 0 radical (unpaired) electrons. The zero-order valence-corrected chi connectivity index (χ0v) is 13.0. The van der Waals surface area contributed by atoms with E-state index < -0.39 is 0 Å². The second kappa shape index (κ2) is 5.98. The van der Waals surface area contributed by atoms with E-state index in [4.69, 9.17) is 23.2 Å². The summed E-state index contributed by atoms with van der Waals surface area (Å²) in [5.74, 6) is 0.402. The molecule has 1 aromatic heterocycles. The van der Waals surface area contributed by atoms with E-state index in [0.29, 0.717) is 11.0 Å². The predicted molar refractivity (Wildman–Crippen MR) is 81.6 cm³/mol. The summed E-state index contributed by atoms with van der Waals surface area (Å²) >= 11 is 12.4. The van der Waals surface area contributed by atoms with Gasteiger partial charge in [0.15, 0.2) is 0 Å². The van der Waals surface area contributed by atoms with Gasteiger partial charge in [-0.05, 0) is 31.9 Å². The van der Waals surface area contributed by atoms with Gasteiger partial charge in [-0.15, -0.1) is 11.6 Å². The molecule has 2 aromatic rings. The lowest BCUT2D eigenvalue weighted by Gasteiger charge is -2.08. The first-order valence-electron chi connectivity index (χ1n) is 6.48. The Kier molecular flexibility index (Phi) is 4.54. The predicted octanol–water partition coefficient (Wildman–Crippen LogP) is 4.83. The fourth-order valence-corrected chi connectivity index (χ4v) is 2.90. The monoisotopic (exact) mass is 296 g/mol. The van der Waals surface area contributed by atoms with Gasteiger partial charge in [-0.1, -0.05) is 42.6 Å². The van der Waals surface area contributed by atoms with E-state index in [0.717, 1.165) is 35.3 Å². The molecular formula is C15H18Cl2N2. The molecule has 0 aliphatic rings. The number of aromatic nitrogens is 2. The SMILES string of the molecule is CCCc1nn(-c2ccc(C)cc2C)c(Cl)c1CCl. The third kappa shape index (κ3) is 2.80. The van der Waals surface area contributed by atoms with Crippen molar-refractivity contribution in [3.05, 3.63) is 45.7 Å². The van der Waals surface area contributed by atoms with Gasteiger partial charge < -0.3 is 0 Å². The van der Waals surface area contributed by atoms with Crippen LogP contribution in [0.5, 0.6) is 0 Å². The highest BCUT2D eigenvalue weighted by Gasteiger charge is 2.16. The highest BCUT2D eigenvalue weighted by molar-refractivity contribution is 6.31. The third-order valence-corrected chi connectivity index (χ3v) is 3.86. The first-order valence-corrected chi connectivity index (χ1v) is 7.39. The molecule has 0 saturated heterocycles. The summed E-state index contributed by atoms with van der Waals surface area (Å²) in [7, 11) is 0.